The van der Waals surface area contributed by atoms with Gasteiger partial charge in [0.25, 0.3) is 0 Å². The molecule has 0 amide bonds. The fraction of sp³-hybridized carbons (Fsp3) is 1.00. The first kappa shape index (κ1) is 11.0. The highest BCUT2D eigenvalue weighted by molar-refractivity contribution is 4.73. The summed E-state index contributed by atoms with van der Waals surface area (Å²) in [6, 6.07) is 0.611. The summed E-state index contributed by atoms with van der Waals surface area (Å²) in [6.07, 6.45) is 3.51. The van der Waals surface area contributed by atoms with Crippen LogP contribution in [0.25, 0.3) is 0 Å². The van der Waals surface area contributed by atoms with E-state index in [1.165, 1.54) is 32.4 Å². The minimum absolute atomic E-state index is 0.221. The fourth-order valence-electron chi connectivity index (χ4n) is 1.78. The van der Waals surface area contributed by atoms with Crippen LogP contribution < -0.4 is 5.32 Å². The maximum atomic E-state index is 9.13. The molecule has 1 aliphatic heterocycles. The number of aliphatic hydroxyl groups excluding tert-OH is 1. The predicted octanol–water partition coefficient (Wildman–Crippen LogP) is 0.441. The molecule has 0 aromatic carbocycles. The van der Waals surface area contributed by atoms with Crippen LogP contribution in [-0.2, 0) is 0 Å². The molecule has 1 rings (SSSR count). The molecule has 2 unspecified atom stereocenters. The zero-order chi connectivity index (χ0) is 9.68. The Bertz CT molecular complexity index is 139. The van der Waals surface area contributed by atoms with Gasteiger partial charge in [-0.2, -0.15) is 0 Å². The van der Waals surface area contributed by atoms with Gasteiger partial charge in [-0.1, -0.05) is 0 Å². The topological polar surface area (TPSA) is 35.5 Å². The molecular formula is C10H22N2O. The highest BCUT2D eigenvalue weighted by atomic mass is 16.3. The minimum Gasteiger partial charge on any atom is -0.392 e. The van der Waals surface area contributed by atoms with E-state index in [0.717, 1.165) is 6.54 Å². The van der Waals surface area contributed by atoms with Crippen molar-refractivity contribution in [3.8, 4) is 0 Å². The summed E-state index contributed by atoms with van der Waals surface area (Å²) >= 11 is 0. The smallest absolute Gasteiger partial charge is 0.0636 e. The van der Waals surface area contributed by atoms with Crippen molar-refractivity contribution in [1.29, 1.82) is 0 Å². The largest absolute Gasteiger partial charge is 0.392 e. The molecule has 0 aliphatic carbocycles. The van der Waals surface area contributed by atoms with E-state index in [0.29, 0.717) is 6.04 Å². The Kier molecular flexibility index (Phi) is 4.70. The van der Waals surface area contributed by atoms with Crippen LogP contribution in [-0.4, -0.2) is 48.8 Å². The van der Waals surface area contributed by atoms with E-state index >= 15 is 0 Å². The van der Waals surface area contributed by atoms with E-state index in [1.807, 2.05) is 6.92 Å². The highest BCUT2D eigenvalue weighted by Crippen LogP contribution is 2.09. The van der Waals surface area contributed by atoms with E-state index < -0.39 is 0 Å². The van der Waals surface area contributed by atoms with E-state index in [9.17, 15) is 0 Å². The molecule has 3 nitrogen and oxygen atoms in total. The molecule has 1 saturated heterocycles. The number of nitrogens with zero attached hydrogens (tertiary/aromatic N) is 1. The first-order valence-corrected chi connectivity index (χ1v) is 5.28. The van der Waals surface area contributed by atoms with Crippen LogP contribution in [0.2, 0.25) is 0 Å². The lowest BCUT2D eigenvalue weighted by Gasteiger charge is -2.17. The SMILES string of the molecule is CC(O)CNC1CCCN(C)CC1. The van der Waals surface area contributed by atoms with Crippen LogP contribution in [0, 0.1) is 0 Å². The zero-order valence-electron chi connectivity index (χ0n) is 8.79. The van der Waals surface area contributed by atoms with Gasteiger partial charge in [0.1, 0.15) is 0 Å². The van der Waals surface area contributed by atoms with Crippen molar-refractivity contribution >= 4 is 0 Å². The minimum atomic E-state index is -0.221. The second kappa shape index (κ2) is 5.58. The van der Waals surface area contributed by atoms with Crippen LogP contribution in [0.15, 0.2) is 0 Å². The van der Waals surface area contributed by atoms with Crippen LogP contribution in [0.4, 0.5) is 0 Å². The molecule has 2 atom stereocenters. The summed E-state index contributed by atoms with van der Waals surface area (Å²) in [6.45, 7) is 4.95. The summed E-state index contributed by atoms with van der Waals surface area (Å²) in [5, 5.41) is 12.5. The van der Waals surface area contributed by atoms with Gasteiger partial charge in [0, 0.05) is 12.6 Å². The van der Waals surface area contributed by atoms with E-state index in [2.05, 4.69) is 17.3 Å². The van der Waals surface area contributed by atoms with Crippen molar-refractivity contribution in [2.45, 2.75) is 38.3 Å². The number of hydrogen-bond donors (Lipinski definition) is 2. The van der Waals surface area contributed by atoms with Crippen molar-refractivity contribution in [1.82, 2.24) is 10.2 Å². The summed E-state index contributed by atoms with van der Waals surface area (Å²) in [5.74, 6) is 0. The highest BCUT2D eigenvalue weighted by Gasteiger charge is 2.14. The Hall–Kier alpha value is -0.120. The third-order valence-electron chi connectivity index (χ3n) is 2.65. The molecule has 78 valence electrons. The fourth-order valence-corrected chi connectivity index (χ4v) is 1.78. The summed E-state index contributed by atoms with van der Waals surface area (Å²) in [4.78, 5) is 2.38. The molecule has 0 spiro atoms. The Morgan fingerprint density at radius 1 is 1.46 bits per heavy atom. The summed E-state index contributed by atoms with van der Waals surface area (Å²) in [5.41, 5.74) is 0. The second-order valence-corrected chi connectivity index (χ2v) is 4.19. The maximum Gasteiger partial charge on any atom is 0.0636 e. The van der Waals surface area contributed by atoms with Crippen LogP contribution in [0.1, 0.15) is 26.2 Å². The first-order chi connectivity index (χ1) is 6.18. The van der Waals surface area contributed by atoms with Gasteiger partial charge in [-0.3, -0.25) is 0 Å². The van der Waals surface area contributed by atoms with Gasteiger partial charge in [-0.15, -0.1) is 0 Å². The zero-order valence-corrected chi connectivity index (χ0v) is 8.79. The first-order valence-electron chi connectivity index (χ1n) is 5.28. The van der Waals surface area contributed by atoms with Gasteiger partial charge in [0.15, 0.2) is 0 Å². The monoisotopic (exact) mass is 186 g/mol. The van der Waals surface area contributed by atoms with E-state index in [-0.39, 0.29) is 6.10 Å². The quantitative estimate of drug-likeness (QED) is 0.671. The van der Waals surface area contributed by atoms with Crippen LogP contribution >= 0.6 is 0 Å². The maximum absolute atomic E-state index is 9.13. The lowest BCUT2D eigenvalue weighted by Crippen LogP contribution is -2.35. The van der Waals surface area contributed by atoms with Crippen molar-refractivity contribution in [2.75, 3.05) is 26.7 Å². The van der Waals surface area contributed by atoms with Crippen LogP contribution in [0.5, 0.6) is 0 Å². The van der Waals surface area contributed by atoms with Gasteiger partial charge in [0.05, 0.1) is 6.10 Å². The Morgan fingerprint density at radius 2 is 2.23 bits per heavy atom. The molecule has 1 aliphatic rings. The number of aliphatic hydroxyl groups is 1. The number of likely N-dealkylation sites (tertiary alicyclic amines) is 1. The number of nitrogens with one attached hydrogen (secondary N) is 1. The molecule has 1 fully saturated rings. The molecule has 0 radical (unpaired) electrons. The van der Waals surface area contributed by atoms with E-state index in [4.69, 9.17) is 5.11 Å². The van der Waals surface area contributed by atoms with Gasteiger partial charge < -0.3 is 15.3 Å². The van der Waals surface area contributed by atoms with Crippen molar-refractivity contribution in [3.05, 3.63) is 0 Å². The standard InChI is InChI=1S/C10H22N2O/c1-9(13)8-11-10-4-3-6-12(2)7-5-10/h9-11,13H,3-8H2,1-2H3. The molecule has 0 aromatic rings. The van der Waals surface area contributed by atoms with Crippen molar-refractivity contribution in [3.63, 3.8) is 0 Å². The van der Waals surface area contributed by atoms with Crippen molar-refractivity contribution < 1.29 is 5.11 Å². The molecule has 0 bridgehead atoms. The molecule has 1 heterocycles. The third-order valence-corrected chi connectivity index (χ3v) is 2.65. The summed E-state index contributed by atoms with van der Waals surface area (Å²) in [7, 11) is 2.18. The molecule has 3 heteroatoms. The average molecular weight is 186 g/mol. The number of rotatable bonds is 3. The Morgan fingerprint density at radius 3 is 2.92 bits per heavy atom. The lowest BCUT2D eigenvalue weighted by atomic mass is 10.1. The average Bonchev–Trinajstić information content (AvgIpc) is 2.27. The summed E-state index contributed by atoms with van der Waals surface area (Å²) < 4.78 is 0. The molecule has 2 N–H and O–H groups in total. The van der Waals surface area contributed by atoms with Crippen molar-refractivity contribution in [2.24, 2.45) is 0 Å². The number of hydrogen-bond acceptors (Lipinski definition) is 3. The van der Waals surface area contributed by atoms with Gasteiger partial charge in [-0.25, -0.2) is 0 Å². The Balaban J connectivity index is 2.18. The van der Waals surface area contributed by atoms with Gasteiger partial charge >= 0.3 is 0 Å². The third kappa shape index (κ3) is 4.60. The predicted molar refractivity (Wildman–Crippen MR) is 54.8 cm³/mol. The normalized spacial score (nSPS) is 28.4. The van der Waals surface area contributed by atoms with E-state index in [1.54, 1.807) is 0 Å². The van der Waals surface area contributed by atoms with Gasteiger partial charge in [0.2, 0.25) is 0 Å². The molecule has 0 aromatic heterocycles. The molecular weight excluding hydrogens is 164 g/mol. The lowest BCUT2D eigenvalue weighted by molar-refractivity contribution is 0.184. The molecule has 0 saturated carbocycles. The second-order valence-electron chi connectivity index (χ2n) is 4.19. The van der Waals surface area contributed by atoms with Gasteiger partial charge in [-0.05, 0) is 46.3 Å². The molecule has 13 heavy (non-hydrogen) atoms. The van der Waals surface area contributed by atoms with Crippen LogP contribution in [0.3, 0.4) is 0 Å². The Labute approximate surface area is 81.1 Å².